The van der Waals surface area contributed by atoms with Crippen LogP contribution in [0.2, 0.25) is 0 Å². The number of ether oxygens (including phenoxy) is 1. The van der Waals surface area contributed by atoms with Crippen LogP contribution >= 0.6 is 11.6 Å². The van der Waals surface area contributed by atoms with Crippen molar-refractivity contribution in [2.75, 3.05) is 6.61 Å². The summed E-state index contributed by atoms with van der Waals surface area (Å²) in [4.78, 5) is 0. The number of epoxide rings is 1. The van der Waals surface area contributed by atoms with E-state index in [0.717, 1.165) is 12.2 Å². The van der Waals surface area contributed by atoms with Crippen LogP contribution in [0.15, 0.2) is 30.3 Å². The third kappa shape index (κ3) is 1.55. The lowest BCUT2D eigenvalue weighted by Gasteiger charge is -2.04. The van der Waals surface area contributed by atoms with Gasteiger partial charge in [0.25, 0.3) is 0 Å². The number of hydrogen-bond donors (Lipinski definition) is 0. The van der Waals surface area contributed by atoms with E-state index < -0.39 is 0 Å². The lowest BCUT2D eigenvalue weighted by molar-refractivity contribution is 0.403. The summed E-state index contributed by atoms with van der Waals surface area (Å²) in [7, 11) is 0. The molecule has 1 aromatic rings. The molecule has 11 heavy (non-hydrogen) atoms. The van der Waals surface area contributed by atoms with Gasteiger partial charge in [-0.2, -0.15) is 0 Å². The van der Waals surface area contributed by atoms with Gasteiger partial charge in [0.1, 0.15) is 6.10 Å². The number of alkyl halides is 1. The molecule has 0 aromatic heterocycles. The Morgan fingerprint density at radius 3 is 2.55 bits per heavy atom. The van der Waals surface area contributed by atoms with Crippen LogP contribution in [0.4, 0.5) is 0 Å². The zero-order valence-electron chi connectivity index (χ0n) is 6.03. The Balaban J connectivity index is 2.15. The first-order valence-electron chi connectivity index (χ1n) is 3.68. The molecule has 58 valence electrons. The zero-order chi connectivity index (χ0) is 7.68. The molecule has 1 saturated heterocycles. The molecule has 2 unspecified atom stereocenters. The fraction of sp³-hybridized carbons (Fsp3) is 0.333. The van der Waals surface area contributed by atoms with E-state index >= 15 is 0 Å². The zero-order valence-corrected chi connectivity index (χ0v) is 6.79. The van der Waals surface area contributed by atoms with Crippen molar-refractivity contribution in [1.82, 2.24) is 0 Å². The average molecular weight is 169 g/mol. The third-order valence-electron chi connectivity index (χ3n) is 1.80. The molecular weight excluding hydrogens is 160 g/mol. The summed E-state index contributed by atoms with van der Waals surface area (Å²) in [6, 6.07) is 10.0. The molecule has 1 aromatic carbocycles. The molecule has 1 aliphatic heterocycles. The molecule has 2 rings (SSSR count). The van der Waals surface area contributed by atoms with Gasteiger partial charge in [-0.1, -0.05) is 30.3 Å². The van der Waals surface area contributed by atoms with Crippen LogP contribution in [-0.2, 0) is 4.74 Å². The molecule has 0 bridgehead atoms. The maximum absolute atomic E-state index is 6.08. The Morgan fingerprint density at radius 2 is 2.00 bits per heavy atom. The van der Waals surface area contributed by atoms with E-state index in [9.17, 15) is 0 Å². The van der Waals surface area contributed by atoms with Gasteiger partial charge in [-0.3, -0.25) is 0 Å². The fourth-order valence-electron chi connectivity index (χ4n) is 1.08. The van der Waals surface area contributed by atoms with Gasteiger partial charge in [0.15, 0.2) is 0 Å². The number of hydrogen-bond acceptors (Lipinski definition) is 1. The van der Waals surface area contributed by atoms with Crippen molar-refractivity contribution in [2.24, 2.45) is 0 Å². The van der Waals surface area contributed by atoms with Crippen LogP contribution in [0.25, 0.3) is 0 Å². The molecule has 1 aliphatic rings. The molecule has 0 saturated carbocycles. The SMILES string of the molecule is ClC(c1ccccc1)C1CO1. The summed E-state index contributed by atoms with van der Waals surface area (Å²) in [6.45, 7) is 0.809. The summed E-state index contributed by atoms with van der Waals surface area (Å²) in [6.07, 6.45) is 0.249. The molecule has 2 heteroatoms. The molecule has 1 heterocycles. The predicted octanol–water partition coefficient (Wildman–Crippen LogP) is 2.37. The van der Waals surface area contributed by atoms with Gasteiger partial charge < -0.3 is 4.74 Å². The average Bonchev–Trinajstić information content (AvgIpc) is 2.87. The predicted molar refractivity (Wildman–Crippen MR) is 44.8 cm³/mol. The Morgan fingerprint density at radius 1 is 1.36 bits per heavy atom. The molecule has 0 spiro atoms. The minimum absolute atomic E-state index is 0.0381. The highest BCUT2D eigenvalue weighted by atomic mass is 35.5. The van der Waals surface area contributed by atoms with Crippen molar-refractivity contribution in [3.05, 3.63) is 35.9 Å². The van der Waals surface area contributed by atoms with E-state index in [2.05, 4.69) is 0 Å². The maximum atomic E-state index is 6.08. The Hall–Kier alpha value is -0.530. The van der Waals surface area contributed by atoms with Gasteiger partial charge in [-0.25, -0.2) is 0 Å². The van der Waals surface area contributed by atoms with E-state index in [1.807, 2.05) is 30.3 Å². The molecular formula is C9H9ClO. The topological polar surface area (TPSA) is 12.5 Å². The third-order valence-corrected chi connectivity index (χ3v) is 2.34. The lowest BCUT2D eigenvalue weighted by Crippen LogP contribution is -1.97. The Kier molecular flexibility index (Phi) is 1.84. The van der Waals surface area contributed by atoms with Crippen molar-refractivity contribution in [3.63, 3.8) is 0 Å². The second kappa shape index (κ2) is 2.84. The molecule has 0 amide bonds. The molecule has 0 radical (unpaired) electrons. The number of benzene rings is 1. The van der Waals surface area contributed by atoms with Gasteiger partial charge in [-0.05, 0) is 5.56 Å². The summed E-state index contributed by atoms with van der Waals surface area (Å²) >= 11 is 6.08. The quantitative estimate of drug-likeness (QED) is 0.488. The van der Waals surface area contributed by atoms with Crippen molar-refractivity contribution < 1.29 is 4.74 Å². The van der Waals surface area contributed by atoms with Gasteiger partial charge in [0.2, 0.25) is 0 Å². The molecule has 2 atom stereocenters. The Labute approximate surface area is 70.9 Å². The van der Waals surface area contributed by atoms with E-state index in [0.29, 0.717) is 0 Å². The molecule has 0 N–H and O–H groups in total. The van der Waals surface area contributed by atoms with Crippen molar-refractivity contribution in [1.29, 1.82) is 0 Å². The first kappa shape index (κ1) is 7.14. The smallest absolute Gasteiger partial charge is 0.101 e. The highest BCUT2D eigenvalue weighted by Crippen LogP contribution is 2.32. The van der Waals surface area contributed by atoms with Crippen LogP contribution in [0.1, 0.15) is 10.9 Å². The highest BCUT2D eigenvalue weighted by Gasteiger charge is 2.31. The lowest BCUT2D eigenvalue weighted by atomic mass is 10.1. The number of rotatable bonds is 2. The summed E-state index contributed by atoms with van der Waals surface area (Å²) in [5.74, 6) is 0. The number of halogens is 1. The van der Waals surface area contributed by atoms with E-state index in [-0.39, 0.29) is 11.5 Å². The van der Waals surface area contributed by atoms with Crippen LogP contribution in [-0.4, -0.2) is 12.7 Å². The van der Waals surface area contributed by atoms with Gasteiger partial charge >= 0.3 is 0 Å². The van der Waals surface area contributed by atoms with E-state index in [4.69, 9.17) is 16.3 Å². The normalized spacial score (nSPS) is 24.6. The summed E-state index contributed by atoms with van der Waals surface area (Å²) in [5, 5.41) is 0.0381. The van der Waals surface area contributed by atoms with Crippen LogP contribution in [0.5, 0.6) is 0 Å². The second-order valence-electron chi connectivity index (χ2n) is 2.68. The van der Waals surface area contributed by atoms with E-state index in [1.165, 1.54) is 0 Å². The molecule has 1 nitrogen and oxygen atoms in total. The largest absolute Gasteiger partial charge is 0.371 e. The monoisotopic (exact) mass is 168 g/mol. The van der Waals surface area contributed by atoms with Crippen LogP contribution in [0, 0.1) is 0 Å². The van der Waals surface area contributed by atoms with Gasteiger partial charge in [-0.15, -0.1) is 11.6 Å². The summed E-state index contributed by atoms with van der Waals surface area (Å²) < 4.78 is 5.09. The van der Waals surface area contributed by atoms with Gasteiger partial charge in [0, 0.05) is 0 Å². The maximum Gasteiger partial charge on any atom is 0.101 e. The van der Waals surface area contributed by atoms with Gasteiger partial charge in [0.05, 0.1) is 12.0 Å². The van der Waals surface area contributed by atoms with Crippen LogP contribution < -0.4 is 0 Å². The van der Waals surface area contributed by atoms with E-state index in [1.54, 1.807) is 0 Å². The Bertz CT molecular complexity index is 231. The van der Waals surface area contributed by atoms with Crippen molar-refractivity contribution in [3.8, 4) is 0 Å². The molecule has 0 aliphatic carbocycles. The molecule has 1 fully saturated rings. The highest BCUT2D eigenvalue weighted by molar-refractivity contribution is 6.21. The first-order chi connectivity index (χ1) is 5.38. The van der Waals surface area contributed by atoms with Crippen molar-refractivity contribution in [2.45, 2.75) is 11.5 Å². The first-order valence-corrected chi connectivity index (χ1v) is 4.12. The van der Waals surface area contributed by atoms with Crippen molar-refractivity contribution >= 4 is 11.6 Å². The standard InChI is InChI=1S/C9H9ClO/c10-9(8-6-11-8)7-4-2-1-3-5-7/h1-5,8-9H,6H2. The van der Waals surface area contributed by atoms with Crippen LogP contribution in [0.3, 0.4) is 0 Å². The minimum Gasteiger partial charge on any atom is -0.371 e. The minimum atomic E-state index is 0.0381. The fourth-order valence-corrected chi connectivity index (χ4v) is 1.37. The second-order valence-corrected chi connectivity index (χ2v) is 3.15. The summed E-state index contributed by atoms with van der Waals surface area (Å²) in [5.41, 5.74) is 1.15.